The van der Waals surface area contributed by atoms with Crippen molar-refractivity contribution in [3.8, 4) is 0 Å². The first-order valence-corrected chi connectivity index (χ1v) is 6.25. The lowest BCUT2D eigenvalue weighted by molar-refractivity contribution is 0.0697. The van der Waals surface area contributed by atoms with Crippen molar-refractivity contribution in [2.45, 2.75) is 38.1 Å². The highest BCUT2D eigenvalue weighted by Gasteiger charge is 2.34. The summed E-state index contributed by atoms with van der Waals surface area (Å²) in [6.07, 6.45) is 4.66. The summed E-state index contributed by atoms with van der Waals surface area (Å²) in [5.74, 6) is -0.990. The third-order valence-electron chi connectivity index (χ3n) is 3.60. The van der Waals surface area contributed by atoms with Crippen LogP contribution in [-0.4, -0.2) is 16.6 Å². The molecule has 1 fully saturated rings. The zero-order chi connectivity index (χ0) is 12.5. The monoisotopic (exact) mass is 253 g/mol. The van der Waals surface area contributed by atoms with Gasteiger partial charge in [-0.05, 0) is 43.9 Å². The number of nitrogens with one attached hydrogen (secondary N) is 1. The normalized spacial score (nSPS) is 17.3. The molecule has 1 saturated carbocycles. The Morgan fingerprint density at radius 3 is 2.65 bits per heavy atom. The summed E-state index contributed by atoms with van der Waals surface area (Å²) < 4.78 is 0. The van der Waals surface area contributed by atoms with E-state index in [1.54, 1.807) is 18.2 Å². The van der Waals surface area contributed by atoms with E-state index in [2.05, 4.69) is 12.2 Å². The van der Waals surface area contributed by atoms with Gasteiger partial charge in [0.2, 0.25) is 0 Å². The van der Waals surface area contributed by atoms with Crippen LogP contribution in [-0.2, 0) is 0 Å². The minimum absolute atomic E-state index is 0.149. The molecule has 0 radical (unpaired) electrons. The van der Waals surface area contributed by atoms with Crippen molar-refractivity contribution in [1.29, 1.82) is 0 Å². The number of benzene rings is 1. The highest BCUT2D eigenvalue weighted by Crippen LogP contribution is 2.38. The molecule has 2 N–H and O–H groups in total. The van der Waals surface area contributed by atoms with Crippen molar-refractivity contribution in [3.63, 3.8) is 0 Å². The molecule has 2 rings (SSSR count). The van der Waals surface area contributed by atoms with Crippen LogP contribution in [0.1, 0.15) is 43.0 Å². The van der Waals surface area contributed by atoms with Crippen LogP contribution in [0.4, 0.5) is 5.69 Å². The minimum Gasteiger partial charge on any atom is -0.478 e. The molecule has 92 valence electrons. The van der Waals surface area contributed by atoms with Gasteiger partial charge in [-0.1, -0.05) is 18.5 Å². The van der Waals surface area contributed by atoms with Gasteiger partial charge in [-0.15, -0.1) is 0 Å². The highest BCUT2D eigenvalue weighted by molar-refractivity contribution is 6.33. The number of carbonyl (C=O) groups is 1. The van der Waals surface area contributed by atoms with E-state index in [1.165, 1.54) is 19.3 Å². The SMILES string of the molecule is CCC1(Nc2ccc(C(=O)O)c(Cl)c2)CCC1. The maximum atomic E-state index is 10.8. The van der Waals surface area contributed by atoms with E-state index in [4.69, 9.17) is 16.7 Å². The predicted octanol–water partition coefficient (Wildman–Crippen LogP) is 3.78. The fourth-order valence-corrected chi connectivity index (χ4v) is 2.50. The van der Waals surface area contributed by atoms with Gasteiger partial charge in [-0.3, -0.25) is 0 Å². The molecular weight excluding hydrogens is 238 g/mol. The summed E-state index contributed by atoms with van der Waals surface area (Å²) >= 11 is 5.94. The van der Waals surface area contributed by atoms with Crippen molar-refractivity contribution in [3.05, 3.63) is 28.8 Å². The third-order valence-corrected chi connectivity index (χ3v) is 3.91. The zero-order valence-electron chi connectivity index (χ0n) is 9.79. The van der Waals surface area contributed by atoms with Gasteiger partial charge in [0.15, 0.2) is 0 Å². The Kier molecular flexibility index (Phi) is 3.29. The van der Waals surface area contributed by atoms with Gasteiger partial charge < -0.3 is 10.4 Å². The number of rotatable bonds is 4. The molecule has 0 aromatic heterocycles. The summed E-state index contributed by atoms with van der Waals surface area (Å²) in [7, 11) is 0. The van der Waals surface area contributed by atoms with E-state index in [9.17, 15) is 4.79 Å². The van der Waals surface area contributed by atoms with Crippen molar-refractivity contribution < 1.29 is 9.90 Å². The number of carboxylic acid groups (broad SMARTS) is 1. The van der Waals surface area contributed by atoms with Gasteiger partial charge in [0.1, 0.15) is 0 Å². The molecule has 17 heavy (non-hydrogen) atoms. The van der Waals surface area contributed by atoms with Gasteiger partial charge in [-0.25, -0.2) is 4.79 Å². The van der Waals surface area contributed by atoms with Crippen LogP contribution in [0.5, 0.6) is 0 Å². The van der Waals surface area contributed by atoms with E-state index in [1.807, 2.05) is 0 Å². The van der Waals surface area contributed by atoms with Gasteiger partial charge in [-0.2, -0.15) is 0 Å². The molecule has 1 aliphatic rings. The number of carboxylic acids is 1. The Bertz CT molecular complexity index is 436. The second-order valence-electron chi connectivity index (χ2n) is 4.61. The molecule has 1 aromatic rings. The van der Waals surface area contributed by atoms with Crippen molar-refractivity contribution >= 4 is 23.3 Å². The van der Waals surface area contributed by atoms with Crippen molar-refractivity contribution in [2.24, 2.45) is 0 Å². The smallest absolute Gasteiger partial charge is 0.337 e. The Morgan fingerprint density at radius 2 is 2.24 bits per heavy atom. The van der Waals surface area contributed by atoms with Crippen LogP contribution in [0.25, 0.3) is 0 Å². The summed E-state index contributed by atoms with van der Waals surface area (Å²) in [5, 5.41) is 12.6. The molecule has 1 aliphatic carbocycles. The van der Waals surface area contributed by atoms with Crippen LogP contribution in [0.15, 0.2) is 18.2 Å². The van der Waals surface area contributed by atoms with Gasteiger partial charge in [0.25, 0.3) is 0 Å². The lowest BCUT2D eigenvalue weighted by atomic mass is 9.74. The number of hydrogen-bond acceptors (Lipinski definition) is 2. The first kappa shape index (κ1) is 12.2. The molecule has 1 aromatic carbocycles. The molecule has 4 heteroatoms. The molecule has 0 bridgehead atoms. The molecule has 0 atom stereocenters. The van der Waals surface area contributed by atoms with Gasteiger partial charge in [0.05, 0.1) is 10.6 Å². The van der Waals surface area contributed by atoms with E-state index in [-0.39, 0.29) is 16.1 Å². The number of aromatic carboxylic acids is 1. The first-order chi connectivity index (χ1) is 8.06. The van der Waals surface area contributed by atoms with Gasteiger partial charge >= 0.3 is 5.97 Å². The number of hydrogen-bond donors (Lipinski definition) is 2. The van der Waals surface area contributed by atoms with Crippen LogP contribution < -0.4 is 5.32 Å². The topological polar surface area (TPSA) is 49.3 Å². The molecule has 0 saturated heterocycles. The van der Waals surface area contributed by atoms with E-state index < -0.39 is 5.97 Å². The average Bonchev–Trinajstić information content (AvgIpc) is 2.23. The second-order valence-corrected chi connectivity index (χ2v) is 5.02. The molecule has 0 aliphatic heterocycles. The maximum absolute atomic E-state index is 10.8. The molecule has 0 heterocycles. The Morgan fingerprint density at radius 1 is 1.53 bits per heavy atom. The van der Waals surface area contributed by atoms with E-state index >= 15 is 0 Å². The third kappa shape index (κ3) is 2.39. The van der Waals surface area contributed by atoms with Crippen LogP contribution in [0, 0.1) is 0 Å². The second kappa shape index (κ2) is 4.57. The summed E-state index contributed by atoms with van der Waals surface area (Å²) in [6, 6.07) is 5.03. The Labute approximate surface area is 106 Å². The summed E-state index contributed by atoms with van der Waals surface area (Å²) in [4.78, 5) is 10.8. The molecular formula is C13H16ClNO2. The van der Waals surface area contributed by atoms with E-state index in [0.29, 0.717) is 0 Å². The van der Waals surface area contributed by atoms with Crippen LogP contribution >= 0.6 is 11.6 Å². The van der Waals surface area contributed by atoms with Gasteiger partial charge in [0, 0.05) is 11.2 Å². The lowest BCUT2D eigenvalue weighted by Crippen LogP contribution is -2.44. The fourth-order valence-electron chi connectivity index (χ4n) is 2.24. The molecule has 0 spiro atoms. The molecule has 0 unspecified atom stereocenters. The predicted molar refractivity (Wildman–Crippen MR) is 68.9 cm³/mol. The Balaban J connectivity index is 2.17. The highest BCUT2D eigenvalue weighted by atomic mass is 35.5. The fraction of sp³-hybridized carbons (Fsp3) is 0.462. The van der Waals surface area contributed by atoms with Crippen LogP contribution in [0.3, 0.4) is 0 Å². The van der Waals surface area contributed by atoms with Crippen molar-refractivity contribution in [1.82, 2.24) is 0 Å². The number of anilines is 1. The first-order valence-electron chi connectivity index (χ1n) is 5.87. The number of halogens is 1. The quantitative estimate of drug-likeness (QED) is 0.859. The van der Waals surface area contributed by atoms with Crippen molar-refractivity contribution in [2.75, 3.05) is 5.32 Å². The lowest BCUT2D eigenvalue weighted by Gasteiger charge is -2.43. The van der Waals surface area contributed by atoms with E-state index in [0.717, 1.165) is 12.1 Å². The molecule has 0 amide bonds. The minimum atomic E-state index is -0.990. The Hall–Kier alpha value is -1.22. The summed E-state index contributed by atoms with van der Waals surface area (Å²) in [5.41, 5.74) is 1.24. The van der Waals surface area contributed by atoms with Crippen LogP contribution in [0.2, 0.25) is 5.02 Å². The average molecular weight is 254 g/mol. The zero-order valence-corrected chi connectivity index (χ0v) is 10.5. The standard InChI is InChI=1S/C13H16ClNO2/c1-2-13(6-3-7-13)15-9-4-5-10(12(16)17)11(14)8-9/h4-5,8,15H,2-3,6-7H2,1H3,(H,16,17). The molecule has 3 nitrogen and oxygen atoms in total. The maximum Gasteiger partial charge on any atom is 0.337 e. The summed E-state index contributed by atoms with van der Waals surface area (Å²) in [6.45, 7) is 2.17. The largest absolute Gasteiger partial charge is 0.478 e.